The lowest BCUT2D eigenvalue weighted by atomic mass is 9.86. The normalized spacial score (nSPS) is 27.1. The molecule has 2 bridgehead atoms. The molecule has 2 saturated heterocycles. The molecule has 2 heterocycles. The maximum Gasteiger partial charge on any atom is 0.511 e. The third-order valence-electron chi connectivity index (χ3n) is 6.14. The zero-order valence-corrected chi connectivity index (χ0v) is 20.3. The highest BCUT2D eigenvalue weighted by molar-refractivity contribution is 5.82. The highest BCUT2D eigenvalue weighted by Gasteiger charge is 2.63. The van der Waals surface area contributed by atoms with Crippen molar-refractivity contribution in [2.24, 2.45) is 0 Å². The third-order valence-corrected chi connectivity index (χ3v) is 6.14. The van der Waals surface area contributed by atoms with Crippen LogP contribution < -0.4 is 5.32 Å². The van der Waals surface area contributed by atoms with E-state index in [-0.39, 0.29) is 19.8 Å². The Morgan fingerprint density at radius 1 is 1.05 bits per heavy atom. The zero-order chi connectivity index (χ0) is 27.1. The highest BCUT2D eigenvalue weighted by atomic mass is 16.8. The second-order valence-electron chi connectivity index (χ2n) is 8.92. The second kappa shape index (κ2) is 12.3. The van der Waals surface area contributed by atoms with Crippen molar-refractivity contribution in [3.8, 4) is 0 Å². The molecule has 2 aromatic carbocycles. The average molecular weight is 532 g/mol. The molecule has 204 valence electrons. The summed E-state index contributed by atoms with van der Waals surface area (Å²) >= 11 is 0. The Morgan fingerprint density at radius 2 is 1.68 bits per heavy atom. The number of aliphatic hydroxyl groups is 3. The number of cyclic esters (lactones) is 1. The van der Waals surface area contributed by atoms with Crippen LogP contribution in [0.25, 0.3) is 0 Å². The molecule has 4 rings (SSSR count). The van der Waals surface area contributed by atoms with Crippen molar-refractivity contribution < 1.29 is 53.4 Å². The number of carbonyl (C=O) groups excluding carboxylic acids is 3. The van der Waals surface area contributed by atoms with E-state index in [1.807, 2.05) is 30.3 Å². The van der Waals surface area contributed by atoms with Gasteiger partial charge in [-0.15, -0.1) is 0 Å². The van der Waals surface area contributed by atoms with Crippen LogP contribution in [0, 0.1) is 0 Å². The molecule has 0 aliphatic carbocycles. The number of carbonyl (C=O) groups is 3. The number of rotatable bonds is 10. The molecule has 2 aliphatic rings. The maximum absolute atomic E-state index is 12.8. The van der Waals surface area contributed by atoms with Gasteiger partial charge in [0.15, 0.2) is 6.10 Å². The first-order chi connectivity index (χ1) is 18.3. The van der Waals surface area contributed by atoms with Gasteiger partial charge in [-0.25, -0.2) is 9.59 Å². The van der Waals surface area contributed by atoms with Gasteiger partial charge in [-0.3, -0.25) is 4.79 Å². The van der Waals surface area contributed by atoms with Gasteiger partial charge in [0, 0.05) is 0 Å². The Kier molecular flexibility index (Phi) is 8.92. The van der Waals surface area contributed by atoms with Crippen molar-refractivity contribution in [2.45, 2.75) is 55.9 Å². The largest absolute Gasteiger partial charge is 0.511 e. The first-order valence-electron chi connectivity index (χ1n) is 12.0. The van der Waals surface area contributed by atoms with E-state index < -0.39 is 67.3 Å². The Labute approximate surface area is 218 Å². The average Bonchev–Trinajstić information content (AvgIpc) is 2.92. The molecule has 2 aromatic rings. The summed E-state index contributed by atoms with van der Waals surface area (Å²) in [6.45, 7) is -1.13. The van der Waals surface area contributed by atoms with Crippen LogP contribution >= 0.6 is 0 Å². The number of hydrogen-bond donors (Lipinski definition) is 4. The van der Waals surface area contributed by atoms with Crippen LogP contribution in [0.15, 0.2) is 60.7 Å². The van der Waals surface area contributed by atoms with Crippen molar-refractivity contribution >= 4 is 18.0 Å². The molecule has 2 aliphatic heterocycles. The van der Waals surface area contributed by atoms with Gasteiger partial charge in [-0.05, 0) is 11.1 Å². The number of hydrogen-bond acceptors (Lipinski definition) is 11. The topological polar surface area (TPSA) is 170 Å². The molecule has 2 fully saturated rings. The smallest absolute Gasteiger partial charge is 0.452 e. The molecule has 0 spiro atoms. The predicted molar refractivity (Wildman–Crippen MR) is 127 cm³/mol. The number of ether oxygens (including phenoxy) is 5. The lowest BCUT2D eigenvalue weighted by Crippen LogP contribution is -2.73. The maximum atomic E-state index is 12.8. The lowest BCUT2D eigenvalue weighted by Gasteiger charge is -2.50. The van der Waals surface area contributed by atoms with E-state index in [1.165, 1.54) is 0 Å². The fourth-order valence-electron chi connectivity index (χ4n) is 4.28. The summed E-state index contributed by atoms with van der Waals surface area (Å²) in [6.07, 6.45) is -7.76. The minimum atomic E-state index is -2.38. The monoisotopic (exact) mass is 531 g/mol. The van der Waals surface area contributed by atoms with E-state index in [0.29, 0.717) is 5.56 Å². The van der Waals surface area contributed by atoms with Crippen LogP contribution in [0.4, 0.5) is 4.79 Å². The molecule has 1 amide bonds. The van der Waals surface area contributed by atoms with E-state index in [9.17, 15) is 29.7 Å². The Hall–Kier alpha value is -3.55. The molecule has 0 aromatic heterocycles. The molecule has 38 heavy (non-hydrogen) atoms. The summed E-state index contributed by atoms with van der Waals surface area (Å²) in [4.78, 5) is 37.8. The van der Waals surface area contributed by atoms with Crippen molar-refractivity contribution in [2.75, 3.05) is 13.2 Å². The quantitative estimate of drug-likeness (QED) is 0.308. The van der Waals surface area contributed by atoms with Crippen LogP contribution in [0.2, 0.25) is 0 Å². The van der Waals surface area contributed by atoms with Crippen molar-refractivity contribution in [1.29, 1.82) is 0 Å². The van der Waals surface area contributed by atoms with E-state index in [0.717, 1.165) is 5.56 Å². The highest BCUT2D eigenvalue weighted by Crippen LogP contribution is 2.39. The van der Waals surface area contributed by atoms with Crippen LogP contribution in [0.1, 0.15) is 17.5 Å². The van der Waals surface area contributed by atoms with Gasteiger partial charge in [0.05, 0.1) is 31.8 Å². The summed E-state index contributed by atoms with van der Waals surface area (Å²) < 4.78 is 26.7. The van der Waals surface area contributed by atoms with Crippen LogP contribution in [0.3, 0.4) is 0 Å². The van der Waals surface area contributed by atoms with Gasteiger partial charge < -0.3 is 44.3 Å². The Balaban J connectivity index is 1.42. The molecule has 12 heteroatoms. The summed E-state index contributed by atoms with van der Waals surface area (Å²) in [5.41, 5.74) is 1.52. The summed E-state index contributed by atoms with van der Waals surface area (Å²) in [5.74, 6) is -4.19. The number of amides is 1. The standard InChI is InChI=1S/C26H29NO11/c28-12-19(30)22-23-21(27-20(31)15-34-13-16-7-3-1-4-8-16)18(29)11-26(37-23,24(32)36-22)38-25(33)35-14-17-9-5-2-6-10-17/h1-10,18-19,21-23,28-30H,11-15H2,(H,27,31)/t18-,19+,21+,22+,23+,26+/m0/s1. The lowest BCUT2D eigenvalue weighted by molar-refractivity contribution is -0.331. The van der Waals surface area contributed by atoms with Crippen LogP contribution in [0.5, 0.6) is 0 Å². The van der Waals surface area contributed by atoms with Crippen molar-refractivity contribution in [1.82, 2.24) is 5.32 Å². The number of esters is 1. The third kappa shape index (κ3) is 6.47. The minimum absolute atomic E-state index is 0.149. The molecule has 6 atom stereocenters. The van der Waals surface area contributed by atoms with E-state index >= 15 is 0 Å². The van der Waals surface area contributed by atoms with Gasteiger partial charge in [0.2, 0.25) is 5.91 Å². The molecule has 0 saturated carbocycles. The van der Waals surface area contributed by atoms with Gasteiger partial charge in [0.25, 0.3) is 0 Å². The zero-order valence-electron chi connectivity index (χ0n) is 20.3. The van der Waals surface area contributed by atoms with Crippen LogP contribution in [-0.4, -0.2) is 82.8 Å². The molecule has 4 N–H and O–H groups in total. The predicted octanol–water partition coefficient (Wildman–Crippen LogP) is 0.166. The SMILES string of the molecule is O=C(COCc1ccccc1)N[C@H]1[C@H]2O[C@@](OC(=O)OCc3ccccc3)(C[C@@H]1O)C(=O)O[C@@H]2[C@H](O)CO. The Bertz CT molecular complexity index is 1100. The first-order valence-corrected chi connectivity index (χ1v) is 12.0. The number of aliphatic hydroxyl groups excluding tert-OH is 3. The molecule has 0 radical (unpaired) electrons. The van der Waals surface area contributed by atoms with Gasteiger partial charge in [0.1, 0.15) is 25.4 Å². The summed E-state index contributed by atoms with van der Waals surface area (Å²) in [7, 11) is 0. The fourth-order valence-corrected chi connectivity index (χ4v) is 4.28. The number of benzene rings is 2. The summed E-state index contributed by atoms with van der Waals surface area (Å²) in [6, 6.07) is 16.7. The van der Waals surface area contributed by atoms with Crippen molar-refractivity contribution in [3.63, 3.8) is 0 Å². The first kappa shape index (κ1) is 27.5. The van der Waals surface area contributed by atoms with Crippen molar-refractivity contribution in [3.05, 3.63) is 71.8 Å². The van der Waals surface area contributed by atoms with Gasteiger partial charge in [-0.1, -0.05) is 60.7 Å². The summed E-state index contributed by atoms with van der Waals surface area (Å²) in [5, 5.41) is 33.1. The minimum Gasteiger partial charge on any atom is -0.452 e. The molecular formula is C26H29NO11. The second-order valence-corrected chi connectivity index (χ2v) is 8.92. The van der Waals surface area contributed by atoms with Gasteiger partial charge >= 0.3 is 17.9 Å². The van der Waals surface area contributed by atoms with E-state index in [2.05, 4.69) is 5.32 Å². The number of fused-ring (bicyclic) bond motifs is 2. The van der Waals surface area contributed by atoms with E-state index in [1.54, 1.807) is 30.3 Å². The molecule has 0 unspecified atom stereocenters. The van der Waals surface area contributed by atoms with Crippen LogP contribution in [-0.2, 0) is 46.5 Å². The van der Waals surface area contributed by atoms with Gasteiger partial charge in [-0.2, -0.15) is 0 Å². The fraction of sp³-hybridized carbons (Fsp3) is 0.423. The number of nitrogens with one attached hydrogen (secondary N) is 1. The Morgan fingerprint density at radius 3 is 2.32 bits per heavy atom. The molecule has 12 nitrogen and oxygen atoms in total. The molecular weight excluding hydrogens is 502 g/mol. The van der Waals surface area contributed by atoms with E-state index in [4.69, 9.17) is 23.7 Å².